The first kappa shape index (κ1) is 13.0. The number of halogens is 1. The molecule has 0 spiro atoms. The molecule has 5 heteroatoms. The number of aliphatic carboxylic acids is 1. The van der Waals surface area contributed by atoms with E-state index < -0.39 is 5.97 Å². The summed E-state index contributed by atoms with van der Waals surface area (Å²) in [6.07, 6.45) is -0.0265. The Balaban J connectivity index is 3.13. The van der Waals surface area contributed by atoms with E-state index in [4.69, 9.17) is 14.6 Å². The molecule has 0 heterocycles. The molecule has 88 valence electrons. The zero-order valence-electron chi connectivity index (χ0n) is 9.12. The molecular formula is C11H13BrO4. The number of carboxylic acids is 1. The summed E-state index contributed by atoms with van der Waals surface area (Å²) < 4.78 is 10.9. The van der Waals surface area contributed by atoms with Gasteiger partial charge in [-0.2, -0.15) is 0 Å². The molecule has 0 aromatic heterocycles. The van der Waals surface area contributed by atoms with Crippen molar-refractivity contribution in [3.63, 3.8) is 0 Å². The van der Waals surface area contributed by atoms with Crippen molar-refractivity contribution in [2.24, 2.45) is 0 Å². The second-order valence-electron chi connectivity index (χ2n) is 3.26. The van der Waals surface area contributed by atoms with E-state index in [1.807, 2.05) is 0 Å². The standard InChI is InChI=1S/C11H13BrO4/c1-15-6-8-4-10(16-2)9(12)3-7(8)5-11(13)14/h3-4H,5-6H2,1-2H3,(H,13,14). The van der Waals surface area contributed by atoms with Gasteiger partial charge in [0.15, 0.2) is 0 Å². The topological polar surface area (TPSA) is 55.8 Å². The van der Waals surface area contributed by atoms with Gasteiger partial charge in [0, 0.05) is 7.11 Å². The Morgan fingerprint density at radius 3 is 2.56 bits per heavy atom. The maximum absolute atomic E-state index is 10.7. The lowest BCUT2D eigenvalue weighted by atomic mass is 10.0. The Morgan fingerprint density at radius 1 is 1.38 bits per heavy atom. The van der Waals surface area contributed by atoms with Gasteiger partial charge >= 0.3 is 5.97 Å². The summed E-state index contributed by atoms with van der Waals surface area (Å²) in [7, 11) is 3.13. The van der Waals surface area contributed by atoms with E-state index in [0.717, 1.165) is 15.6 Å². The number of benzene rings is 1. The highest BCUT2D eigenvalue weighted by Crippen LogP contribution is 2.29. The number of hydrogen-bond donors (Lipinski definition) is 1. The molecule has 1 N–H and O–H groups in total. The molecule has 0 saturated carbocycles. The van der Waals surface area contributed by atoms with Gasteiger partial charge in [-0.05, 0) is 39.2 Å². The van der Waals surface area contributed by atoms with Gasteiger partial charge in [0.1, 0.15) is 5.75 Å². The second kappa shape index (κ2) is 5.86. The highest BCUT2D eigenvalue weighted by Gasteiger charge is 2.11. The molecule has 0 unspecified atom stereocenters. The first-order valence-corrected chi connectivity index (χ1v) is 5.43. The van der Waals surface area contributed by atoms with Crippen LogP contribution in [0.25, 0.3) is 0 Å². The monoisotopic (exact) mass is 288 g/mol. The van der Waals surface area contributed by atoms with Crippen LogP contribution < -0.4 is 4.74 Å². The van der Waals surface area contributed by atoms with Crippen LogP contribution >= 0.6 is 15.9 Å². The maximum Gasteiger partial charge on any atom is 0.307 e. The normalized spacial score (nSPS) is 10.2. The summed E-state index contributed by atoms with van der Waals surface area (Å²) >= 11 is 3.32. The van der Waals surface area contributed by atoms with Crippen molar-refractivity contribution < 1.29 is 19.4 Å². The molecule has 0 amide bonds. The fraction of sp³-hybridized carbons (Fsp3) is 0.364. The van der Waals surface area contributed by atoms with Crippen molar-refractivity contribution >= 4 is 21.9 Å². The van der Waals surface area contributed by atoms with E-state index >= 15 is 0 Å². The minimum Gasteiger partial charge on any atom is -0.496 e. The van der Waals surface area contributed by atoms with Crippen LogP contribution in [0.1, 0.15) is 11.1 Å². The zero-order chi connectivity index (χ0) is 12.1. The van der Waals surface area contributed by atoms with Gasteiger partial charge in [-0.15, -0.1) is 0 Å². The predicted octanol–water partition coefficient (Wildman–Crippen LogP) is 2.23. The van der Waals surface area contributed by atoms with Crippen molar-refractivity contribution in [3.05, 3.63) is 27.7 Å². The molecule has 0 aliphatic heterocycles. The fourth-order valence-electron chi connectivity index (χ4n) is 1.41. The third kappa shape index (κ3) is 3.21. The molecule has 0 atom stereocenters. The zero-order valence-corrected chi connectivity index (χ0v) is 10.7. The van der Waals surface area contributed by atoms with Crippen LogP contribution in [0.2, 0.25) is 0 Å². The van der Waals surface area contributed by atoms with E-state index in [9.17, 15) is 4.79 Å². The van der Waals surface area contributed by atoms with Gasteiger partial charge in [0.2, 0.25) is 0 Å². The number of ether oxygens (including phenoxy) is 2. The molecule has 1 aromatic carbocycles. The average molecular weight is 289 g/mol. The van der Waals surface area contributed by atoms with Gasteiger partial charge in [0.05, 0.1) is 24.6 Å². The van der Waals surface area contributed by atoms with Crippen LogP contribution in [0.5, 0.6) is 5.75 Å². The van der Waals surface area contributed by atoms with Crippen LogP contribution in [0.15, 0.2) is 16.6 Å². The average Bonchev–Trinajstić information content (AvgIpc) is 2.21. The summed E-state index contributed by atoms with van der Waals surface area (Å²) in [5, 5.41) is 8.79. The highest BCUT2D eigenvalue weighted by molar-refractivity contribution is 9.10. The lowest BCUT2D eigenvalue weighted by molar-refractivity contribution is -0.136. The quantitative estimate of drug-likeness (QED) is 0.903. The Kier molecular flexibility index (Phi) is 4.76. The highest BCUT2D eigenvalue weighted by atomic mass is 79.9. The van der Waals surface area contributed by atoms with Crippen molar-refractivity contribution in [2.75, 3.05) is 14.2 Å². The van der Waals surface area contributed by atoms with Crippen molar-refractivity contribution in [1.82, 2.24) is 0 Å². The van der Waals surface area contributed by atoms with Crippen molar-refractivity contribution in [1.29, 1.82) is 0 Å². The molecule has 0 aliphatic rings. The lowest BCUT2D eigenvalue weighted by Gasteiger charge is -2.11. The van der Waals surface area contributed by atoms with Gasteiger partial charge in [0.25, 0.3) is 0 Å². The smallest absolute Gasteiger partial charge is 0.307 e. The van der Waals surface area contributed by atoms with Crippen LogP contribution in [0.4, 0.5) is 0 Å². The van der Waals surface area contributed by atoms with Gasteiger partial charge in [-0.1, -0.05) is 0 Å². The lowest BCUT2D eigenvalue weighted by Crippen LogP contribution is -2.05. The predicted molar refractivity (Wildman–Crippen MR) is 62.7 cm³/mol. The van der Waals surface area contributed by atoms with Crippen molar-refractivity contribution in [2.45, 2.75) is 13.0 Å². The Hall–Kier alpha value is -1.07. The Morgan fingerprint density at radius 2 is 2.06 bits per heavy atom. The summed E-state index contributed by atoms with van der Waals surface area (Å²) in [5.41, 5.74) is 1.55. The maximum atomic E-state index is 10.7. The minimum atomic E-state index is -0.866. The van der Waals surface area contributed by atoms with Gasteiger partial charge in [-0.25, -0.2) is 0 Å². The SMILES string of the molecule is COCc1cc(OC)c(Br)cc1CC(=O)O. The molecule has 0 aliphatic carbocycles. The molecule has 1 aromatic rings. The van der Waals surface area contributed by atoms with Gasteiger partial charge < -0.3 is 14.6 Å². The number of carbonyl (C=O) groups is 1. The van der Waals surface area contributed by atoms with Crippen LogP contribution in [0, 0.1) is 0 Å². The molecule has 0 fully saturated rings. The minimum absolute atomic E-state index is 0.0265. The molecule has 0 bridgehead atoms. The molecule has 16 heavy (non-hydrogen) atoms. The Labute approximate surface area is 102 Å². The summed E-state index contributed by atoms with van der Waals surface area (Å²) in [6, 6.07) is 3.53. The summed E-state index contributed by atoms with van der Waals surface area (Å²) in [6.45, 7) is 0.367. The van der Waals surface area contributed by atoms with E-state index in [0.29, 0.717) is 12.4 Å². The molecule has 0 radical (unpaired) electrons. The third-order valence-electron chi connectivity index (χ3n) is 2.12. The van der Waals surface area contributed by atoms with E-state index in [1.165, 1.54) is 0 Å². The van der Waals surface area contributed by atoms with E-state index in [2.05, 4.69) is 15.9 Å². The summed E-state index contributed by atoms with van der Waals surface area (Å²) in [5.74, 6) is -0.199. The van der Waals surface area contributed by atoms with Crippen LogP contribution in [0.3, 0.4) is 0 Å². The first-order chi connectivity index (χ1) is 7.58. The fourth-order valence-corrected chi connectivity index (χ4v) is 1.96. The largest absolute Gasteiger partial charge is 0.496 e. The number of carboxylic acid groups (broad SMARTS) is 1. The second-order valence-corrected chi connectivity index (χ2v) is 4.11. The third-order valence-corrected chi connectivity index (χ3v) is 2.74. The molecule has 1 rings (SSSR count). The van der Waals surface area contributed by atoms with Gasteiger partial charge in [-0.3, -0.25) is 4.79 Å². The summed E-state index contributed by atoms with van der Waals surface area (Å²) in [4.78, 5) is 10.7. The number of rotatable bonds is 5. The Bertz CT molecular complexity index is 390. The van der Waals surface area contributed by atoms with Crippen molar-refractivity contribution in [3.8, 4) is 5.75 Å². The molecular weight excluding hydrogens is 276 g/mol. The first-order valence-electron chi connectivity index (χ1n) is 4.64. The molecule has 4 nitrogen and oxygen atoms in total. The van der Waals surface area contributed by atoms with E-state index in [1.54, 1.807) is 26.4 Å². The van der Waals surface area contributed by atoms with Crippen LogP contribution in [-0.4, -0.2) is 25.3 Å². The number of methoxy groups -OCH3 is 2. The van der Waals surface area contributed by atoms with E-state index in [-0.39, 0.29) is 6.42 Å². The molecule has 0 saturated heterocycles. The van der Waals surface area contributed by atoms with Crippen LogP contribution in [-0.2, 0) is 22.6 Å². The number of hydrogen-bond acceptors (Lipinski definition) is 3.